The normalized spacial score (nSPS) is 14.9. The van der Waals surface area contributed by atoms with Crippen molar-refractivity contribution in [2.45, 2.75) is 55.4 Å². The van der Waals surface area contributed by atoms with E-state index < -0.39 is 0 Å². The lowest BCUT2D eigenvalue weighted by Crippen LogP contribution is -2.42. The summed E-state index contributed by atoms with van der Waals surface area (Å²) in [6.45, 7) is 8.67. The first-order valence-electron chi connectivity index (χ1n) is 11.7. The Morgan fingerprint density at radius 2 is 2.06 bits per heavy atom. The smallest absolute Gasteiger partial charge is 0.231 e. The quantitative estimate of drug-likeness (QED) is 0.337. The zero-order valence-corrected chi connectivity index (χ0v) is 21.7. The van der Waals surface area contributed by atoms with E-state index in [1.807, 2.05) is 35.5 Å². The number of nitrogens with zero attached hydrogens (tertiary/aromatic N) is 3. The summed E-state index contributed by atoms with van der Waals surface area (Å²) in [5.41, 5.74) is 7.74. The number of hydrogen-bond acceptors (Lipinski definition) is 8. The highest BCUT2D eigenvalue weighted by atomic mass is 32.2. The number of nitrogens with two attached hydrogens (primary N) is 1. The molecule has 0 bridgehead atoms. The molecule has 1 aliphatic heterocycles. The van der Waals surface area contributed by atoms with Crippen LogP contribution >= 0.6 is 23.1 Å². The molecule has 0 radical (unpaired) electrons. The summed E-state index contributed by atoms with van der Waals surface area (Å²) in [6, 6.07) is 7.85. The number of hydrogen-bond donors (Lipinski definition) is 2. The summed E-state index contributed by atoms with van der Waals surface area (Å²) in [5, 5.41) is 4.09. The number of thiazole rings is 1. The Balaban J connectivity index is 1.45. The molecular formula is C25H33N5O2S2. The molecule has 1 amide bonds. The van der Waals surface area contributed by atoms with Crippen molar-refractivity contribution in [1.82, 2.24) is 15.3 Å². The molecule has 4 rings (SSSR count). The van der Waals surface area contributed by atoms with Gasteiger partial charge in [0.05, 0.1) is 22.4 Å². The standard InChI is InChI=1S/C25H33N5O2S2/c1-25(2,3)20-14-28-21(32-20)16-33-22-15-29-24(34-22)30(23(31)18-7-10-27-11-8-18)12-9-17-5-4-6-19(26)13-17/h4-6,13-15,18,27H,7-12,16,26H2,1-3H3. The largest absolute Gasteiger partial charge is 0.444 e. The van der Waals surface area contributed by atoms with E-state index in [4.69, 9.17) is 10.2 Å². The Morgan fingerprint density at radius 3 is 2.76 bits per heavy atom. The summed E-state index contributed by atoms with van der Waals surface area (Å²) in [5.74, 6) is 2.41. The molecule has 0 spiro atoms. The fourth-order valence-corrected chi connectivity index (χ4v) is 5.72. The van der Waals surface area contributed by atoms with Gasteiger partial charge in [0.15, 0.2) is 5.13 Å². The number of nitrogen functional groups attached to an aromatic ring is 1. The van der Waals surface area contributed by atoms with Crippen LogP contribution in [0.25, 0.3) is 0 Å². The number of piperidine rings is 1. The van der Waals surface area contributed by atoms with Crippen molar-refractivity contribution in [3.8, 4) is 0 Å². The van der Waals surface area contributed by atoms with E-state index in [-0.39, 0.29) is 17.2 Å². The molecule has 1 aliphatic rings. The fourth-order valence-electron chi connectivity index (χ4n) is 3.88. The van der Waals surface area contributed by atoms with Gasteiger partial charge in [-0.25, -0.2) is 9.97 Å². The van der Waals surface area contributed by atoms with Crippen LogP contribution in [0.3, 0.4) is 0 Å². The Labute approximate surface area is 209 Å². The van der Waals surface area contributed by atoms with Gasteiger partial charge in [0.1, 0.15) is 5.76 Å². The summed E-state index contributed by atoms with van der Waals surface area (Å²) >= 11 is 3.19. The van der Waals surface area contributed by atoms with E-state index in [0.29, 0.717) is 18.2 Å². The second-order valence-corrected chi connectivity index (χ2v) is 11.9. The number of benzene rings is 1. The van der Waals surface area contributed by atoms with Crippen LogP contribution in [-0.4, -0.2) is 35.5 Å². The van der Waals surface area contributed by atoms with Gasteiger partial charge in [0.2, 0.25) is 11.8 Å². The van der Waals surface area contributed by atoms with E-state index in [2.05, 4.69) is 42.1 Å². The molecule has 182 valence electrons. The van der Waals surface area contributed by atoms with Crippen molar-refractivity contribution in [3.63, 3.8) is 0 Å². The third kappa shape index (κ3) is 6.40. The maximum atomic E-state index is 13.5. The van der Waals surface area contributed by atoms with Crippen LogP contribution in [0, 0.1) is 5.92 Å². The molecule has 0 aliphatic carbocycles. The first-order valence-corrected chi connectivity index (χ1v) is 13.5. The van der Waals surface area contributed by atoms with E-state index >= 15 is 0 Å². The number of carbonyl (C=O) groups is 1. The monoisotopic (exact) mass is 499 g/mol. The molecule has 1 fully saturated rings. The number of aromatic nitrogens is 2. The highest BCUT2D eigenvalue weighted by Crippen LogP contribution is 2.34. The first-order chi connectivity index (χ1) is 16.3. The molecule has 3 heterocycles. The van der Waals surface area contributed by atoms with E-state index in [1.54, 1.807) is 23.1 Å². The maximum Gasteiger partial charge on any atom is 0.231 e. The van der Waals surface area contributed by atoms with Crippen molar-refractivity contribution < 1.29 is 9.21 Å². The van der Waals surface area contributed by atoms with Gasteiger partial charge in [-0.2, -0.15) is 0 Å². The van der Waals surface area contributed by atoms with Crippen LogP contribution in [0.4, 0.5) is 10.8 Å². The third-order valence-corrected chi connectivity index (χ3v) is 8.06. The summed E-state index contributed by atoms with van der Waals surface area (Å²) < 4.78 is 6.95. The van der Waals surface area contributed by atoms with Crippen molar-refractivity contribution in [2.75, 3.05) is 30.3 Å². The lowest BCUT2D eigenvalue weighted by atomic mass is 9.94. The lowest BCUT2D eigenvalue weighted by molar-refractivity contribution is -0.123. The van der Waals surface area contributed by atoms with Gasteiger partial charge in [-0.05, 0) is 50.0 Å². The molecule has 1 saturated heterocycles. The second kappa shape index (κ2) is 10.9. The van der Waals surface area contributed by atoms with Gasteiger partial charge >= 0.3 is 0 Å². The van der Waals surface area contributed by atoms with Crippen LogP contribution in [-0.2, 0) is 22.4 Å². The zero-order valence-electron chi connectivity index (χ0n) is 20.0. The van der Waals surface area contributed by atoms with Crippen LogP contribution in [0.5, 0.6) is 0 Å². The van der Waals surface area contributed by atoms with Crippen molar-refractivity contribution >= 4 is 39.8 Å². The fraction of sp³-hybridized carbons (Fsp3) is 0.480. The predicted octanol–water partition coefficient (Wildman–Crippen LogP) is 4.88. The summed E-state index contributed by atoms with van der Waals surface area (Å²) in [6.07, 6.45) is 6.11. The minimum absolute atomic E-state index is 0.0326. The predicted molar refractivity (Wildman–Crippen MR) is 139 cm³/mol. The second-order valence-electron chi connectivity index (χ2n) is 9.63. The van der Waals surface area contributed by atoms with Gasteiger partial charge in [-0.15, -0.1) is 11.8 Å². The first kappa shape index (κ1) is 24.8. The maximum absolute atomic E-state index is 13.5. The summed E-state index contributed by atoms with van der Waals surface area (Å²) in [7, 11) is 0. The van der Waals surface area contributed by atoms with Crippen molar-refractivity contribution in [1.29, 1.82) is 0 Å². The van der Waals surface area contributed by atoms with Crippen LogP contribution in [0.2, 0.25) is 0 Å². The van der Waals surface area contributed by atoms with Gasteiger partial charge in [-0.1, -0.05) is 44.2 Å². The number of oxazole rings is 1. The molecule has 34 heavy (non-hydrogen) atoms. The number of nitrogens with one attached hydrogen (secondary N) is 1. The minimum Gasteiger partial charge on any atom is -0.444 e. The van der Waals surface area contributed by atoms with Crippen molar-refractivity contribution in [3.05, 3.63) is 53.9 Å². The number of carbonyl (C=O) groups excluding carboxylic acids is 1. The zero-order chi connectivity index (χ0) is 24.1. The van der Waals surface area contributed by atoms with E-state index in [1.165, 1.54) is 0 Å². The number of thioether (sulfide) groups is 1. The van der Waals surface area contributed by atoms with Gasteiger partial charge in [0, 0.05) is 23.6 Å². The number of rotatable bonds is 8. The molecule has 9 heteroatoms. The molecule has 3 N–H and O–H groups in total. The third-order valence-electron chi connectivity index (χ3n) is 5.86. The van der Waals surface area contributed by atoms with E-state index in [9.17, 15) is 4.79 Å². The van der Waals surface area contributed by atoms with Crippen LogP contribution in [0.1, 0.15) is 50.8 Å². The Morgan fingerprint density at radius 1 is 1.26 bits per heavy atom. The van der Waals surface area contributed by atoms with Crippen molar-refractivity contribution in [2.24, 2.45) is 5.92 Å². The molecule has 3 aromatic rings. The molecule has 1 aromatic carbocycles. The van der Waals surface area contributed by atoms with E-state index in [0.717, 1.165) is 58.7 Å². The molecule has 0 unspecified atom stereocenters. The Hall–Kier alpha value is -2.36. The average Bonchev–Trinajstić information content (AvgIpc) is 3.48. The molecule has 0 saturated carbocycles. The van der Waals surface area contributed by atoms with Gasteiger partial charge in [-0.3, -0.25) is 9.69 Å². The van der Waals surface area contributed by atoms with Gasteiger partial charge in [0.25, 0.3) is 0 Å². The minimum atomic E-state index is -0.0630. The SMILES string of the molecule is CC(C)(C)c1cnc(CSc2cnc(N(CCc3cccc(N)c3)C(=O)C3CCNCC3)s2)o1. The average molecular weight is 500 g/mol. The molecule has 7 nitrogen and oxygen atoms in total. The highest BCUT2D eigenvalue weighted by Gasteiger charge is 2.28. The van der Waals surface area contributed by atoms with Crippen LogP contribution in [0.15, 0.2) is 45.3 Å². The number of amides is 1. The summed E-state index contributed by atoms with van der Waals surface area (Å²) in [4.78, 5) is 24.4. The van der Waals surface area contributed by atoms with Gasteiger partial charge < -0.3 is 15.5 Å². The Kier molecular flexibility index (Phi) is 7.95. The van der Waals surface area contributed by atoms with Crippen LogP contribution < -0.4 is 16.0 Å². The highest BCUT2D eigenvalue weighted by molar-refractivity contribution is 8.00. The molecule has 2 aromatic heterocycles. The number of anilines is 2. The Bertz CT molecular complexity index is 1100. The topological polar surface area (TPSA) is 97.3 Å². The molecular weight excluding hydrogens is 466 g/mol. The molecule has 0 atom stereocenters. The lowest BCUT2D eigenvalue weighted by Gasteiger charge is -2.28.